The van der Waals surface area contributed by atoms with E-state index in [0.29, 0.717) is 0 Å². The molecule has 0 radical (unpaired) electrons. The average molecular weight is 232 g/mol. The highest BCUT2D eigenvalue weighted by Crippen LogP contribution is 2.07. The molecule has 0 rings (SSSR count). The van der Waals surface area contributed by atoms with Crippen molar-refractivity contribution in [3.63, 3.8) is 0 Å². The van der Waals surface area contributed by atoms with Crippen molar-refractivity contribution in [1.29, 1.82) is 0 Å². The van der Waals surface area contributed by atoms with Crippen LogP contribution in [0.1, 0.15) is 42.9 Å². The van der Waals surface area contributed by atoms with Crippen LogP contribution in [0.2, 0.25) is 0 Å². The summed E-state index contributed by atoms with van der Waals surface area (Å²) in [6, 6.07) is -0.772. The average Bonchev–Trinajstić information content (AvgIpc) is 2.15. The molecule has 0 spiro atoms. The molecule has 0 saturated heterocycles. The fourth-order valence-corrected chi connectivity index (χ4v) is 0.850. The summed E-state index contributed by atoms with van der Waals surface area (Å²) in [6.07, 6.45) is -0.956. The Morgan fingerprint density at radius 3 is 2.31 bits per heavy atom. The lowest BCUT2D eigenvalue weighted by molar-refractivity contribution is -0.149. The zero-order chi connectivity index (χ0) is 13.6. The monoisotopic (exact) mass is 232 g/mol. The number of amides is 1. The smallest absolute Gasteiger partial charge is 0.408 e. The van der Waals surface area contributed by atoms with Crippen molar-refractivity contribution in [2.24, 2.45) is 0 Å². The molecule has 0 fully saturated rings. The second kappa shape index (κ2) is 5.72. The van der Waals surface area contributed by atoms with Crippen molar-refractivity contribution in [3.05, 3.63) is 0 Å². The second-order valence-corrected chi connectivity index (χ2v) is 4.50. The third-order valence-electron chi connectivity index (χ3n) is 1.41. The quantitative estimate of drug-likeness (QED) is 0.754. The van der Waals surface area contributed by atoms with Crippen molar-refractivity contribution >= 4 is 12.1 Å². The van der Waals surface area contributed by atoms with E-state index in [0.717, 1.165) is 0 Å². The van der Waals surface area contributed by atoms with Crippen LogP contribution in [0.25, 0.3) is 0 Å². The fourth-order valence-electron chi connectivity index (χ4n) is 0.850. The van der Waals surface area contributed by atoms with Crippen LogP contribution < -0.4 is 5.32 Å². The number of hydrogen-bond donors (Lipinski definition) is 1. The number of esters is 1. The van der Waals surface area contributed by atoms with Gasteiger partial charge in [0.2, 0.25) is 0 Å². The van der Waals surface area contributed by atoms with Crippen LogP contribution in [0, 0.1) is 0 Å². The van der Waals surface area contributed by atoms with E-state index in [2.05, 4.69) is 5.32 Å². The summed E-state index contributed by atoms with van der Waals surface area (Å²) < 4.78 is 17.1. The number of carbonyl (C=O) groups excluding carboxylic acids is 2. The molecule has 1 atom stereocenters. The lowest BCUT2D eigenvalue weighted by atomic mass is 10.2. The summed E-state index contributed by atoms with van der Waals surface area (Å²) in [5.74, 6) is -0.513. The lowest BCUT2D eigenvalue weighted by Crippen LogP contribution is -2.42. The number of rotatable bonds is 3. The van der Waals surface area contributed by atoms with Gasteiger partial charge in [-0.1, -0.05) is 0 Å². The van der Waals surface area contributed by atoms with Gasteiger partial charge in [-0.25, -0.2) is 9.59 Å². The van der Waals surface area contributed by atoms with Crippen molar-refractivity contribution in [2.45, 2.75) is 59.3 Å². The molecular weight excluding hydrogens is 210 g/mol. The third kappa shape index (κ3) is 7.09. The van der Waals surface area contributed by atoms with Gasteiger partial charge >= 0.3 is 12.1 Å². The zero-order valence-corrected chi connectivity index (χ0v) is 10.5. The Hall–Kier alpha value is -1.26. The summed E-state index contributed by atoms with van der Waals surface area (Å²) in [4.78, 5) is 22.8. The molecule has 0 aromatic carbocycles. The normalized spacial score (nSPS) is 14.0. The van der Waals surface area contributed by atoms with Gasteiger partial charge in [0, 0.05) is 1.37 Å². The molecule has 0 aliphatic heterocycles. The van der Waals surface area contributed by atoms with Crippen molar-refractivity contribution in [1.82, 2.24) is 5.32 Å². The Balaban J connectivity index is 4.17. The first-order valence-corrected chi connectivity index (χ1v) is 5.17. The minimum Gasteiger partial charge on any atom is -0.461 e. The van der Waals surface area contributed by atoms with E-state index in [9.17, 15) is 9.59 Å². The van der Waals surface area contributed by atoms with Gasteiger partial charge in [0.25, 0.3) is 0 Å². The molecule has 1 amide bonds. The van der Waals surface area contributed by atoms with Crippen LogP contribution >= 0.6 is 0 Å². The van der Waals surface area contributed by atoms with Gasteiger partial charge in [0.1, 0.15) is 11.6 Å². The fraction of sp³-hybridized carbons (Fsp3) is 0.818. The summed E-state index contributed by atoms with van der Waals surface area (Å²) >= 11 is 0. The van der Waals surface area contributed by atoms with Crippen LogP contribution in [0.4, 0.5) is 4.79 Å². The summed E-state index contributed by atoms with van der Waals surface area (Å²) in [5, 5.41) is 2.36. The molecular formula is C11H21NO4. The van der Waals surface area contributed by atoms with E-state index in [1.54, 1.807) is 27.7 Å². The molecule has 94 valence electrons. The number of carbonyl (C=O) groups is 2. The number of alkyl carbamates (subject to hydrolysis) is 1. The van der Waals surface area contributed by atoms with Crippen molar-refractivity contribution in [2.75, 3.05) is 0 Å². The maximum atomic E-state index is 11.4. The van der Waals surface area contributed by atoms with Gasteiger partial charge in [-0.05, 0) is 41.5 Å². The van der Waals surface area contributed by atoms with E-state index in [1.807, 2.05) is 0 Å². The molecule has 0 aromatic rings. The van der Waals surface area contributed by atoms with Gasteiger partial charge in [0.15, 0.2) is 0 Å². The molecule has 0 aliphatic rings. The Bertz CT molecular complexity index is 279. The van der Waals surface area contributed by atoms with Crippen LogP contribution in [-0.2, 0) is 14.3 Å². The van der Waals surface area contributed by atoms with E-state index in [1.165, 1.54) is 6.92 Å². The maximum absolute atomic E-state index is 11.4. The SMILES string of the molecule is [2H]CC(C)(C)OC(=O)N[C@@H](C)C(=O)OC(C)C. The van der Waals surface area contributed by atoms with Crippen molar-refractivity contribution in [3.8, 4) is 0 Å². The van der Waals surface area contributed by atoms with E-state index >= 15 is 0 Å². The molecule has 0 unspecified atom stereocenters. The van der Waals surface area contributed by atoms with Gasteiger partial charge in [0.05, 0.1) is 6.10 Å². The van der Waals surface area contributed by atoms with E-state index < -0.39 is 23.7 Å². The lowest BCUT2D eigenvalue weighted by Gasteiger charge is -2.21. The third-order valence-corrected chi connectivity index (χ3v) is 1.41. The topological polar surface area (TPSA) is 64.6 Å². The summed E-state index contributed by atoms with van der Waals surface area (Å²) in [6.45, 7) is 8.16. The molecule has 0 aromatic heterocycles. The maximum Gasteiger partial charge on any atom is 0.408 e. The van der Waals surface area contributed by atoms with Gasteiger partial charge in [-0.15, -0.1) is 0 Å². The highest BCUT2D eigenvalue weighted by molar-refractivity contribution is 5.81. The Morgan fingerprint density at radius 2 is 1.88 bits per heavy atom. The predicted octanol–water partition coefficient (Wildman–Crippen LogP) is 1.85. The summed E-state index contributed by atoms with van der Waals surface area (Å²) in [7, 11) is 0. The minimum absolute atomic E-state index is 0.0504. The van der Waals surface area contributed by atoms with Crippen LogP contribution in [0.3, 0.4) is 0 Å². The van der Waals surface area contributed by atoms with E-state index in [-0.39, 0.29) is 13.0 Å². The molecule has 0 heterocycles. The Labute approximate surface area is 97.9 Å². The predicted molar refractivity (Wildman–Crippen MR) is 60.1 cm³/mol. The Morgan fingerprint density at radius 1 is 1.31 bits per heavy atom. The van der Waals surface area contributed by atoms with Gasteiger partial charge in [-0.2, -0.15) is 0 Å². The molecule has 0 saturated carbocycles. The number of hydrogen-bond acceptors (Lipinski definition) is 4. The minimum atomic E-state index is -0.869. The van der Waals surface area contributed by atoms with E-state index in [4.69, 9.17) is 10.8 Å². The standard InChI is InChI=1S/C11H21NO4/c1-7(2)15-9(13)8(3)12-10(14)16-11(4,5)6/h7-8H,1-6H3,(H,12,14)/t8-/m0/s1/i4D. The number of nitrogens with one attached hydrogen (secondary N) is 1. The van der Waals surface area contributed by atoms with Gasteiger partial charge in [-0.3, -0.25) is 0 Å². The molecule has 0 bridgehead atoms. The largest absolute Gasteiger partial charge is 0.461 e. The first-order chi connectivity index (χ1) is 7.68. The van der Waals surface area contributed by atoms with Crippen molar-refractivity contribution < 1.29 is 20.4 Å². The van der Waals surface area contributed by atoms with Gasteiger partial charge < -0.3 is 14.8 Å². The number of ether oxygens (including phenoxy) is 2. The first kappa shape index (κ1) is 12.8. The molecule has 5 nitrogen and oxygen atoms in total. The molecule has 1 N–H and O–H groups in total. The van der Waals surface area contributed by atoms with Crippen LogP contribution in [-0.4, -0.2) is 29.8 Å². The van der Waals surface area contributed by atoms with Crippen LogP contribution in [0.5, 0.6) is 0 Å². The Kier molecular flexibility index (Phi) is 4.58. The van der Waals surface area contributed by atoms with Crippen LogP contribution in [0.15, 0.2) is 0 Å². The molecule has 5 heteroatoms. The highest BCUT2D eigenvalue weighted by atomic mass is 16.6. The molecule has 0 aliphatic carbocycles. The zero-order valence-electron chi connectivity index (χ0n) is 11.5. The first-order valence-electron chi connectivity index (χ1n) is 5.88. The highest BCUT2D eigenvalue weighted by Gasteiger charge is 2.22. The second-order valence-electron chi connectivity index (χ2n) is 4.50. The summed E-state index contributed by atoms with van der Waals surface area (Å²) in [5.41, 5.74) is -0.869. The molecule has 16 heavy (non-hydrogen) atoms.